The van der Waals surface area contributed by atoms with Crippen molar-refractivity contribution in [2.24, 2.45) is 0 Å². The van der Waals surface area contributed by atoms with Gasteiger partial charge < -0.3 is 4.42 Å². The van der Waals surface area contributed by atoms with Crippen molar-refractivity contribution in [1.82, 2.24) is 4.98 Å². The number of aromatic nitrogens is 1. The van der Waals surface area contributed by atoms with Crippen LogP contribution in [0.5, 0.6) is 0 Å². The zero-order valence-corrected chi connectivity index (χ0v) is 19.1. The van der Waals surface area contributed by atoms with Crippen LogP contribution in [0.3, 0.4) is 0 Å². The molecule has 2 heterocycles. The molecule has 3 nitrogen and oxygen atoms in total. The topological polar surface area (TPSA) is 49.8 Å². The molecule has 0 spiro atoms. The monoisotopic (exact) mass is 534 g/mol. The summed E-state index contributed by atoms with van der Waals surface area (Å²) in [5.41, 5.74) is 1.20. The van der Waals surface area contributed by atoms with Crippen molar-refractivity contribution >= 4 is 50.5 Å². The Labute approximate surface area is 198 Å². The Hall–Kier alpha value is -2.86. The van der Waals surface area contributed by atoms with Gasteiger partial charge in [-0.2, -0.15) is 18.4 Å². The Morgan fingerprint density at radius 2 is 1.88 bits per heavy atom. The Bertz CT molecular complexity index is 1350. The van der Waals surface area contributed by atoms with Crippen LogP contribution in [0.2, 0.25) is 5.02 Å². The second-order valence-electron chi connectivity index (χ2n) is 6.61. The Morgan fingerprint density at radius 1 is 1.12 bits per heavy atom. The molecule has 2 aromatic heterocycles. The molecule has 0 N–H and O–H groups in total. The minimum Gasteiger partial charge on any atom is -0.457 e. The van der Waals surface area contributed by atoms with Crippen LogP contribution in [-0.2, 0) is 6.18 Å². The van der Waals surface area contributed by atoms with Gasteiger partial charge in [-0.3, -0.25) is 0 Å². The van der Waals surface area contributed by atoms with Crippen molar-refractivity contribution in [1.29, 1.82) is 5.26 Å². The SMILES string of the molecule is N#C/C(=C\c1ccc(-c2cc(C(F)(F)F)ccc2Cl)o1)c1nc(-c2ccc(Br)cc2)cs1. The zero-order chi connectivity index (χ0) is 22.9. The molecule has 4 aromatic rings. The molecule has 9 heteroatoms. The van der Waals surface area contributed by atoms with Crippen LogP contribution >= 0.6 is 38.9 Å². The van der Waals surface area contributed by atoms with E-state index in [1.54, 1.807) is 6.07 Å². The summed E-state index contributed by atoms with van der Waals surface area (Å²) in [6.45, 7) is 0. The quantitative estimate of drug-likeness (QED) is 0.246. The number of alkyl halides is 3. The van der Waals surface area contributed by atoms with E-state index < -0.39 is 11.7 Å². The van der Waals surface area contributed by atoms with Gasteiger partial charge in [0.1, 0.15) is 22.6 Å². The molecule has 0 atom stereocenters. The third kappa shape index (κ3) is 4.80. The van der Waals surface area contributed by atoms with E-state index in [2.05, 4.69) is 27.0 Å². The highest BCUT2D eigenvalue weighted by Gasteiger charge is 2.31. The van der Waals surface area contributed by atoms with E-state index in [9.17, 15) is 18.4 Å². The van der Waals surface area contributed by atoms with Crippen molar-refractivity contribution in [2.45, 2.75) is 6.18 Å². The first-order valence-corrected chi connectivity index (χ1v) is 11.1. The summed E-state index contributed by atoms with van der Waals surface area (Å²) in [4.78, 5) is 4.52. The molecule has 4 rings (SSSR count). The zero-order valence-electron chi connectivity index (χ0n) is 16.0. The highest BCUT2D eigenvalue weighted by Crippen LogP contribution is 2.37. The number of hydrogen-bond donors (Lipinski definition) is 0. The highest BCUT2D eigenvalue weighted by molar-refractivity contribution is 9.10. The third-order valence-corrected chi connectivity index (χ3v) is 6.20. The van der Waals surface area contributed by atoms with Crippen molar-refractivity contribution in [3.8, 4) is 28.7 Å². The van der Waals surface area contributed by atoms with E-state index in [1.165, 1.54) is 29.5 Å². The number of nitriles is 1. The van der Waals surface area contributed by atoms with Crippen molar-refractivity contribution in [3.05, 3.63) is 85.8 Å². The van der Waals surface area contributed by atoms with Gasteiger partial charge in [0, 0.05) is 27.1 Å². The lowest BCUT2D eigenvalue weighted by Gasteiger charge is -2.09. The maximum atomic E-state index is 13.0. The third-order valence-electron chi connectivity index (χ3n) is 4.47. The van der Waals surface area contributed by atoms with Crippen LogP contribution in [0.25, 0.3) is 34.2 Å². The Balaban J connectivity index is 1.64. The summed E-state index contributed by atoms with van der Waals surface area (Å²) in [7, 11) is 0. The maximum absolute atomic E-state index is 13.0. The van der Waals surface area contributed by atoms with Gasteiger partial charge in [0.2, 0.25) is 0 Å². The van der Waals surface area contributed by atoms with Crippen LogP contribution in [0.4, 0.5) is 13.2 Å². The molecule has 0 fully saturated rings. The van der Waals surface area contributed by atoms with Crippen LogP contribution < -0.4 is 0 Å². The average molecular weight is 536 g/mol. The molecule has 2 aromatic carbocycles. The van der Waals surface area contributed by atoms with E-state index in [0.29, 0.717) is 10.8 Å². The fourth-order valence-corrected chi connectivity index (χ4v) is 4.17. The first-order chi connectivity index (χ1) is 15.2. The lowest BCUT2D eigenvalue weighted by atomic mass is 10.1. The average Bonchev–Trinajstić information content (AvgIpc) is 3.42. The number of benzene rings is 2. The number of hydrogen-bond acceptors (Lipinski definition) is 4. The van der Waals surface area contributed by atoms with Gasteiger partial charge in [-0.25, -0.2) is 4.98 Å². The second kappa shape index (κ2) is 8.94. The lowest BCUT2D eigenvalue weighted by Crippen LogP contribution is -2.04. The van der Waals surface area contributed by atoms with Gasteiger partial charge in [0.15, 0.2) is 0 Å². The van der Waals surface area contributed by atoms with Gasteiger partial charge >= 0.3 is 6.18 Å². The minimum absolute atomic E-state index is 0.117. The molecule has 0 amide bonds. The van der Waals surface area contributed by atoms with Gasteiger partial charge in [-0.15, -0.1) is 11.3 Å². The summed E-state index contributed by atoms with van der Waals surface area (Å²) < 4.78 is 45.7. The molecule has 0 aliphatic heterocycles. The molecular weight excluding hydrogens is 525 g/mol. The first kappa shape index (κ1) is 22.3. The van der Waals surface area contributed by atoms with Gasteiger partial charge in [-0.05, 0) is 42.5 Å². The molecule has 0 saturated carbocycles. The number of rotatable bonds is 4. The van der Waals surface area contributed by atoms with Gasteiger partial charge in [-0.1, -0.05) is 39.7 Å². The highest BCUT2D eigenvalue weighted by atomic mass is 79.9. The van der Waals surface area contributed by atoms with Crippen molar-refractivity contribution in [2.75, 3.05) is 0 Å². The summed E-state index contributed by atoms with van der Waals surface area (Å²) in [6.07, 6.45) is -3.00. The standard InChI is InChI=1S/C23H11BrClF3N2OS/c24-16-4-1-13(2-5-16)20-12-32-22(30-20)14(11-29)9-17-6-8-21(31-17)18-10-15(23(26,27)28)3-7-19(18)25/h1-10,12H/b14-9+. The Morgan fingerprint density at radius 3 is 2.56 bits per heavy atom. The Kier molecular flexibility index (Phi) is 6.24. The predicted molar refractivity (Wildman–Crippen MR) is 123 cm³/mol. The second-order valence-corrected chi connectivity index (χ2v) is 8.79. The number of thiazole rings is 1. The number of furan rings is 1. The van der Waals surface area contributed by atoms with E-state index >= 15 is 0 Å². The van der Waals surface area contributed by atoms with Crippen LogP contribution in [-0.4, -0.2) is 4.98 Å². The lowest BCUT2D eigenvalue weighted by molar-refractivity contribution is -0.137. The molecule has 0 radical (unpaired) electrons. The molecule has 0 aliphatic rings. The number of halogens is 5. The summed E-state index contributed by atoms with van der Waals surface area (Å²) in [5.74, 6) is 0.463. The van der Waals surface area contributed by atoms with Crippen molar-refractivity contribution in [3.63, 3.8) is 0 Å². The minimum atomic E-state index is -4.50. The smallest absolute Gasteiger partial charge is 0.416 e. The molecule has 0 saturated heterocycles. The maximum Gasteiger partial charge on any atom is 0.416 e. The first-order valence-electron chi connectivity index (χ1n) is 9.05. The van der Waals surface area contributed by atoms with E-state index in [4.69, 9.17) is 16.0 Å². The van der Waals surface area contributed by atoms with Gasteiger partial charge in [0.25, 0.3) is 0 Å². The van der Waals surface area contributed by atoms with Gasteiger partial charge in [0.05, 0.1) is 21.9 Å². The largest absolute Gasteiger partial charge is 0.457 e. The summed E-state index contributed by atoms with van der Waals surface area (Å²) >= 11 is 10.8. The fraction of sp³-hybridized carbons (Fsp3) is 0.0435. The molecule has 32 heavy (non-hydrogen) atoms. The van der Waals surface area contributed by atoms with Crippen molar-refractivity contribution < 1.29 is 17.6 Å². The number of nitrogens with zero attached hydrogens (tertiary/aromatic N) is 2. The number of allylic oxidation sites excluding steroid dienone is 1. The molecular formula is C23H11BrClF3N2OS. The predicted octanol–water partition coefficient (Wildman–Crippen LogP) is 8.57. The van der Waals surface area contributed by atoms with Crippen LogP contribution in [0.1, 0.15) is 16.3 Å². The van der Waals surface area contributed by atoms with E-state index in [0.717, 1.165) is 27.9 Å². The van der Waals surface area contributed by atoms with E-state index in [-0.39, 0.29) is 21.9 Å². The summed E-state index contributed by atoms with van der Waals surface area (Å²) in [6, 6.07) is 15.8. The molecule has 0 unspecified atom stereocenters. The molecule has 160 valence electrons. The normalized spacial score (nSPS) is 12.1. The fourth-order valence-electron chi connectivity index (χ4n) is 2.90. The summed E-state index contributed by atoms with van der Waals surface area (Å²) in [5, 5.41) is 12.1. The van der Waals surface area contributed by atoms with E-state index in [1.807, 2.05) is 29.6 Å². The molecule has 0 aliphatic carbocycles. The van der Waals surface area contributed by atoms with Crippen LogP contribution in [0, 0.1) is 11.3 Å². The van der Waals surface area contributed by atoms with Crippen LogP contribution in [0.15, 0.2) is 68.9 Å². The molecule has 0 bridgehead atoms.